The minimum Gasteiger partial charge on any atom is -0.365 e. The lowest BCUT2D eigenvalue weighted by atomic mass is 10.1. The molecule has 5 rings (SSSR count). The molecule has 3 N–H and O–H groups in total. The molecule has 5 aromatic heterocycles. The monoisotopic (exact) mass is 395 g/mol. The van der Waals surface area contributed by atoms with Crippen LogP contribution in [0.1, 0.15) is 15.9 Å². The molecule has 0 aliphatic heterocycles. The Morgan fingerprint density at radius 3 is 2.93 bits per heavy atom. The van der Waals surface area contributed by atoms with Gasteiger partial charge >= 0.3 is 0 Å². The normalized spacial score (nSPS) is 10.9. The number of nitrogens with zero attached hydrogens (tertiary/aromatic N) is 4. The fraction of sp³-hybridized carbons (Fsp3) is 0.0455. The summed E-state index contributed by atoms with van der Waals surface area (Å²) in [6.45, 7) is 0.511. The van der Waals surface area contributed by atoms with E-state index < -0.39 is 0 Å². The van der Waals surface area contributed by atoms with Crippen LogP contribution >= 0.6 is 0 Å². The Hall–Kier alpha value is -4.33. The van der Waals surface area contributed by atoms with Crippen molar-refractivity contribution in [2.45, 2.75) is 6.54 Å². The fourth-order valence-electron chi connectivity index (χ4n) is 3.32. The Morgan fingerprint density at radius 2 is 1.97 bits per heavy atom. The number of H-pyrrole nitrogens is 1. The third-order valence-corrected chi connectivity index (χ3v) is 4.79. The molecule has 0 radical (unpaired) electrons. The van der Waals surface area contributed by atoms with Crippen LogP contribution < -0.4 is 10.6 Å². The van der Waals surface area contributed by atoms with E-state index in [9.17, 15) is 4.79 Å². The third-order valence-electron chi connectivity index (χ3n) is 4.79. The number of anilines is 2. The summed E-state index contributed by atoms with van der Waals surface area (Å²) in [6, 6.07) is 11.1. The number of aromatic nitrogens is 5. The number of pyridine rings is 4. The Bertz CT molecular complexity index is 1360. The molecule has 1 amide bonds. The summed E-state index contributed by atoms with van der Waals surface area (Å²) in [5, 5.41) is 8.04. The standard InChI is InChI=1S/C22H17N7O/c30-22(29-16-10-15-11-23-7-5-19(15)27-13-16)18-2-1-6-24-21(18)28-12-14-3-8-25-20-17(14)4-9-26-20/h1-11,13H,12H2,(H,24,28)(H,25,26)(H,29,30). The average molecular weight is 395 g/mol. The van der Waals surface area contributed by atoms with Crippen LogP contribution in [0.5, 0.6) is 0 Å². The van der Waals surface area contributed by atoms with Gasteiger partial charge in [-0.1, -0.05) is 0 Å². The average Bonchev–Trinajstić information content (AvgIpc) is 3.27. The van der Waals surface area contributed by atoms with Gasteiger partial charge in [-0.15, -0.1) is 0 Å². The summed E-state index contributed by atoms with van der Waals surface area (Å²) in [4.78, 5) is 33.1. The first-order valence-electron chi connectivity index (χ1n) is 9.39. The molecule has 0 atom stereocenters. The Morgan fingerprint density at radius 1 is 1.00 bits per heavy atom. The molecule has 0 bridgehead atoms. The number of nitrogens with one attached hydrogen (secondary N) is 3. The third kappa shape index (κ3) is 3.42. The number of rotatable bonds is 5. The first-order valence-corrected chi connectivity index (χ1v) is 9.39. The van der Waals surface area contributed by atoms with Crippen molar-refractivity contribution in [3.8, 4) is 0 Å². The van der Waals surface area contributed by atoms with E-state index in [4.69, 9.17) is 0 Å². The van der Waals surface area contributed by atoms with Crippen molar-refractivity contribution < 1.29 is 4.79 Å². The van der Waals surface area contributed by atoms with Gasteiger partial charge in [-0.05, 0) is 42.0 Å². The van der Waals surface area contributed by atoms with E-state index in [1.54, 1.807) is 43.1 Å². The lowest BCUT2D eigenvalue weighted by Crippen LogP contribution is -2.16. The van der Waals surface area contributed by atoms with Gasteiger partial charge < -0.3 is 15.6 Å². The van der Waals surface area contributed by atoms with Gasteiger partial charge in [0.15, 0.2) is 0 Å². The van der Waals surface area contributed by atoms with Gasteiger partial charge in [-0.25, -0.2) is 9.97 Å². The first kappa shape index (κ1) is 17.7. The highest BCUT2D eigenvalue weighted by Crippen LogP contribution is 2.20. The van der Waals surface area contributed by atoms with Gasteiger partial charge in [-0.3, -0.25) is 14.8 Å². The fourth-order valence-corrected chi connectivity index (χ4v) is 3.32. The van der Waals surface area contributed by atoms with Gasteiger partial charge in [0.25, 0.3) is 5.91 Å². The van der Waals surface area contributed by atoms with Crippen LogP contribution in [0.2, 0.25) is 0 Å². The molecule has 5 aromatic rings. The molecule has 0 aliphatic rings. The molecular weight excluding hydrogens is 378 g/mol. The number of carbonyl (C=O) groups excluding carboxylic acids is 1. The zero-order chi connectivity index (χ0) is 20.3. The summed E-state index contributed by atoms with van der Waals surface area (Å²) in [6.07, 6.45) is 10.3. The Kier molecular flexibility index (Phi) is 4.49. The Balaban J connectivity index is 1.37. The highest BCUT2D eigenvalue weighted by Gasteiger charge is 2.13. The molecule has 0 saturated carbocycles. The largest absolute Gasteiger partial charge is 0.365 e. The van der Waals surface area contributed by atoms with E-state index in [2.05, 4.69) is 35.6 Å². The number of aromatic amines is 1. The van der Waals surface area contributed by atoms with Crippen molar-refractivity contribution in [2.75, 3.05) is 10.6 Å². The van der Waals surface area contributed by atoms with E-state index in [0.717, 1.165) is 27.5 Å². The molecule has 0 unspecified atom stereocenters. The van der Waals surface area contributed by atoms with Crippen LogP contribution in [0.3, 0.4) is 0 Å². The molecule has 0 aromatic carbocycles. The van der Waals surface area contributed by atoms with Gasteiger partial charge in [0, 0.05) is 48.3 Å². The quantitative estimate of drug-likeness (QED) is 0.418. The zero-order valence-electron chi connectivity index (χ0n) is 15.8. The molecule has 30 heavy (non-hydrogen) atoms. The minimum atomic E-state index is -0.267. The van der Waals surface area contributed by atoms with Gasteiger partial charge in [-0.2, -0.15) is 0 Å². The lowest BCUT2D eigenvalue weighted by molar-refractivity contribution is 0.102. The predicted molar refractivity (Wildman–Crippen MR) is 115 cm³/mol. The maximum absolute atomic E-state index is 12.9. The van der Waals surface area contributed by atoms with Gasteiger partial charge in [0.1, 0.15) is 11.5 Å². The molecule has 8 nitrogen and oxygen atoms in total. The number of fused-ring (bicyclic) bond motifs is 2. The summed E-state index contributed by atoms with van der Waals surface area (Å²) in [5.74, 6) is 0.239. The molecular formula is C22H17N7O. The van der Waals surface area contributed by atoms with Crippen molar-refractivity contribution in [1.82, 2.24) is 24.9 Å². The van der Waals surface area contributed by atoms with Crippen molar-refractivity contribution in [1.29, 1.82) is 0 Å². The highest BCUT2D eigenvalue weighted by atomic mass is 16.1. The molecule has 8 heteroatoms. The smallest absolute Gasteiger partial charge is 0.259 e. The van der Waals surface area contributed by atoms with E-state index in [1.165, 1.54) is 0 Å². The second-order valence-electron chi connectivity index (χ2n) is 6.71. The van der Waals surface area contributed by atoms with E-state index in [0.29, 0.717) is 23.6 Å². The van der Waals surface area contributed by atoms with Crippen LogP contribution in [-0.2, 0) is 6.54 Å². The summed E-state index contributed by atoms with van der Waals surface area (Å²) >= 11 is 0. The Labute approximate surface area is 171 Å². The molecule has 0 aliphatic carbocycles. The van der Waals surface area contributed by atoms with Crippen LogP contribution in [0.25, 0.3) is 21.9 Å². The number of amides is 1. The van der Waals surface area contributed by atoms with E-state index in [-0.39, 0.29) is 5.91 Å². The summed E-state index contributed by atoms with van der Waals surface area (Å²) in [7, 11) is 0. The van der Waals surface area contributed by atoms with Crippen molar-refractivity contribution in [3.63, 3.8) is 0 Å². The predicted octanol–water partition coefficient (Wildman–Crippen LogP) is 3.77. The maximum Gasteiger partial charge on any atom is 0.259 e. The molecule has 0 spiro atoms. The summed E-state index contributed by atoms with van der Waals surface area (Å²) in [5.41, 5.74) is 3.75. The SMILES string of the molecule is O=C(Nc1cnc2ccncc2c1)c1cccnc1NCc1ccnc2[nH]ccc12. The molecule has 0 saturated heterocycles. The number of hydrogen-bond acceptors (Lipinski definition) is 6. The van der Waals surface area contributed by atoms with Crippen LogP contribution in [0.4, 0.5) is 11.5 Å². The van der Waals surface area contributed by atoms with Crippen LogP contribution in [0.15, 0.2) is 73.6 Å². The van der Waals surface area contributed by atoms with Crippen LogP contribution in [0, 0.1) is 0 Å². The van der Waals surface area contributed by atoms with E-state index in [1.807, 2.05) is 30.5 Å². The number of hydrogen-bond donors (Lipinski definition) is 3. The second kappa shape index (κ2) is 7.59. The first-order chi connectivity index (χ1) is 14.8. The van der Waals surface area contributed by atoms with E-state index >= 15 is 0 Å². The van der Waals surface area contributed by atoms with Crippen molar-refractivity contribution in [2.24, 2.45) is 0 Å². The second-order valence-corrected chi connectivity index (χ2v) is 6.71. The van der Waals surface area contributed by atoms with Crippen molar-refractivity contribution >= 4 is 39.3 Å². The minimum absolute atomic E-state index is 0.267. The topological polar surface area (TPSA) is 108 Å². The van der Waals surface area contributed by atoms with Gasteiger partial charge in [0.05, 0.1) is 23.0 Å². The van der Waals surface area contributed by atoms with Crippen molar-refractivity contribution in [3.05, 3.63) is 84.7 Å². The molecule has 146 valence electrons. The maximum atomic E-state index is 12.9. The van der Waals surface area contributed by atoms with Gasteiger partial charge in [0.2, 0.25) is 0 Å². The molecule has 0 fully saturated rings. The molecule has 5 heterocycles. The van der Waals surface area contributed by atoms with Crippen LogP contribution in [-0.4, -0.2) is 30.8 Å². The number of carbonyl (C=O) groups is 1. The highest BCUT2D eigenvalue weighted by molar-refractivity contribution is 6.07. The lowest BCUT2D eigenvalue weighted by Gasteiger charge is -2.12. The summed E-state index contributed by atoms with van der Waals surface area (Å²) < 4.78 is 0. The zero-order valence-corrected chi connectivity index (χ0v) is 15.8.